The molecule has 0 unspecified atom stereocenters. The van der Waals surface area contributed by atoms with Gasteiger partial charge in [-0.15, -0.1) is 10.2 Å². The Hall–Kier alpha value is -1.68. The van der Waals surface area contributed by atoms with Crippen molar-refractivity contribution in [1.82, 2.24) is 19.7 Å². The van der Waals surface area contributed by atoms with E-state index in [0.717, 1.165) is 12.5 Å². The van der Waals surface area contributed by atoms with Crippen molar-refractivity contribution in [3.63, 3.8) is 0 Å². The van der Waals surface area contributed by atoms with E-state index in [4.69, 9.17) is 0 Å². The fourth-order valence-corrected chi connectivity index (χ4v) is 3.52. The molecule has 2 aromatic rings. The van der Waals surface area contributed by atoms with E-state index in [0.29, 0.717) is 5.92 Å². The minimum absolute atomic E-state index is 0.571. The number of rotatable bonds is 5. The van der Waals surface area contributed by atoms with Gasteiger partial charge < -0.3 is 9.47 Å². The standard InChI is InChI=1S/C18H24N4/c1-2-4-15(5-3-1)13-22-14-19-20-18(22)17-8-10-21(11-9-17)12-16-6-7-16/h1-5,14,16-17H,6-13H2. The highest BCUT2D eigenvalue weighted by Gasteiger charge is 2.29. The van der Waals surface area contributed by atoms with Gasteiger partial charge in [-0.2, -0.15) is 0 Å². The molecule has 0 atom stereocenters. The van der Waals surface area contributed by atoms with Gasteiger partial charge in [0, 0.05) is 12.5 Å². The highest BCUT2D eigenvalue weighted by atomic mass is 15.3. The molecular weight excluding hydrogens is 272 g/mol. The Bertz CT molecular complexity index is 595. The second kappa shape index (κ2) is 6.21. The van der Waals surface area contributed by atoms with E-state index in [-0.39, 0.29) is 0 Å². The fraction of sp³-hybridized carbons (Fsp3) is 0.556. The van der Waals surface area contributed by atoms with Crippen molar-refractivity contribution in [3.05, 3.63) is 48.0 Å². The second-order valence-corrected chi connectivity index (χ2v) is 6.82. The molecule has 1 saturated heterocycles. The van der Waals surface area contributed by atoms with Crippen LogP contribution in [0.3, 0.4) is 0 Å². The minimum atomic E-state index is 0.571. The predicted octanol–water partition coefficient (Wildman–Crippen LogP) is 2.92. The van der Waals surface area contributed by atoms with Crippen LogP contribution in [0.25, 0.3) is 0 Å². The summed E-state index contributed by atoms with van der Waals surface area (Å²) in [6.07, 6.45) is 7.23. The predicted molar refractivity (Wildman–Crippen MR) is 86.7 cm³/mol. The number of nitrogens with zero attached hydrogens (tertiary/aromatic N) is 4. The van der Waals surface area contributed by atoms with E-state index in [1.165, 1.54) is 56.7 Å². The topological polar surface area (TPSA) is 34.0 Å². The zero-order chi connectivity index (χ0) is 14.8. The van der Waals surface area contributed by atoms with Gasteiger partial charge in [0.05, 0.1) is 6.54 Å². The molecule has 116 valence electrons. The average Bonchev–Trinajstić information content (AvgIpc) is 3.26. The quantitative estimate of drug-likeness (QED) is 0.851. The van der Waals surface area contributed by atoms with Crippen LogP contribution in [0.15, 0.2) is 36.7 Å². The van der Waals surface area contributed by atoms with Crippen molar-refractivity contribution in [3.8, 4) is 0 Å². The molecule has 22 heavy (non-hydrogen) atoms. The maximum atomic E-state index is 4.43. The molecule has 1 saturated carbocycles. The third-order valence-electron chi connectivity index (χ3n) is 5.01. The maximum Gasteiger partial charge on any atom is 0.136 e. The number of benzene rings is 1. The molecule has 0 radical (unpaired) electrons. The summed E-state index contributed by atoms with van der Waals surface area (Å²) in [5.41, 5.74) is 1.31. The first-order valence-electron chi connectivity index (χ1n) is 8.52. The number of likely N-dealkylation sites (tertiary alicyclic amines) is 1. The third-order valence-corrected chi connectivity index (χ3v) is 5.01. The normalized spacial score (nSPS) is 20.4. The molecule has 0 amide bonds. The van der Waals surface area contributed by atoms with Crippen molar-refractivity contribution in [2.24, 2.45) is 5.92 Å². The van der Waals surface area contributed by atoms with Crippen molar-refractivity contribution < 1.29 is 0 Å². The Morgan fingerprint density at radius 1 is 1.00 bits per heavy atom. The molecule has 4 rings (SSSR count). The summed E-state index contributed by atoms with van der Waals surface area (Å²) < 4.78 is 2.23. The van der Waals surface area contributed by atoms with Gasteiger partial charge in [0.2, 0.25) is 0 Å². The smallest absolute Gasteiger partial charge is 0.136 e. The summed E-state index contributed by atoms with van der Waals surface area (Å²) in [5.74, 6) is 2.75. The third kappa shape index (κ3) is 3.22. The summed E-state index contributed by atoms with van der Waals surface area (Å²) in [4.78, 5) is 2.64. The van der Waals surface area contributed by atoms with Crippen LogP contribution in [0.4, 0.5) is 0 Å². The Morgan fingerprint density at radius 2 is 1.77 bits per heavy atom. The van der Waals surface area contributed by atoms with Crippen LogP contribution in [0.5, 0.6) is 0 Å². The molecule has 2 heterocycles. The van der Waals surface area contributed by atoms with E-state index < -0.39 is 0 Å². The lowest BCUT2D eigenvalue weighted by Crippen LogP contribution is -2.35. The van der Waals surface area contributed by atoms with Gasteiger partial charge in [-0.25, -0.2) is 0 Å². The number of piperidine rings is 1. The number of hydrogen-bond donors (Lipinski definition) is 0. The number of hydrogen-bond acceptors (Lipinski definition) is 3. The van der Waals surface area contributed by atoms with E-state index in [1.54, 1.807) is 0 Å². The van der Waals surface area contributed by atoms with Crippen LogP contribution >= 0.6 is 0 Å². The molecule has 2 aliphatic rings. The summed E-state index contributed by atoms with van der Waals surface area (Å²) in [6, 6.07) is 10.6. The largest absolute Gasteiger partial charge is 0.313 e. The van der Waals surface area contributed by atoms with Crippen molar-refractivity contribution in [2.45, 2.75) is 38.1 Å². The van der Waals surface area contributed by atoms with Crippen molar-refractivity contribution in [1.29, 1.82) is 0 Å². The molecular formula is C18H24N4. The van der Waals surface area contributed by atoms with Gasteiger partial charge in [-0.3, -0.25) is 0 Å². The first-order chi connectivity index (χ1) is 10.9. The van der Waals surface area contributed by atoms with E-state index in [9.17, 15) is 0 Å². The summed E-state index contributed by atoms with van der Waals surface area (Å²) in [7, 11) is 0. The monoisotopic (exact) mass is 296 g/mol. The van der Waals surface area contributed by atoms with Gasteiger partial charge >= 0.3 is 0 Å². The Kier molecular flexibility index (Phi) is 3.94. The lowest BCUT2D eigenvalue weighted by molar-refractivity contribution is 0.200. The van der Waals surface area contributed by atoms with E-state index >= 15 is 0 Å². The first-order valence-corrected chi connectivity index (χ1v) is 8.52. The SMILES string of the molecule is c1ccc(Cn2cnnc2C2CCN(CC3CC3)CC2)cc1. The van der Waals surface area contributed by atoms with Gasteiger partial charge in [0.1, 0.15) is 12.2 Å². The molecule has 0 bridgehead atoms. The Labute approximate surface area is 132 Å². The summed E-state index contributed by atoms with van der Waals surface area (Å²) >= 11 is 0. The van der Waals surface area contributed by atoms with Crippen LogP contribution in [0.2, 0.25) is 0 Å². The maximum absolute atomic E-state index is 4.43. The molecule has 1 aromatic carbocycles. The molecule has 0 spiro atoms. The number of aromatic nitrogens is 3. The Balaban J connectivity index is 1.40. The fourth-order valence-electron chi connectivity index (χ4n) is 3.52. The first kappa shape index (κ1) is 13.9. The highest BCUT2D eigenvalue weighted by molar-refractivity contribution is 5.16. The van der Waals surface area contributed by atoms with Crippen LogP contribution in [-0.2, 0) is 6.54 Å². The molecule has 4 heteroatoms. The minimum Gasteiger partial charge on any atom is -0.313 e. The van der Waals surface area contributed by atoms with Gasteiger partial charge in [-0.1, -0.05) is 30.3 Å². The summed E-state index contributed by atoms with van der Waals surface area (Å²) in [6.45, 7) is 4.65. The van der Waals surface area contributed by atoms with Crippen LogP contribution in [0.1, 0.15) is 43.0 Å². The highest BCUT2D eigenvalue weighted by Crippen LogP contribution is 2.33. The molecule has 2 fully saturated rings. The molecule has 1 aliphatic heterocycles. The molecule has 4 nitrogen and oxygen atoms in total. The second-order valence-electron chi connectivity index (χ2n) is 6.82. The summed E-state index contributed by atoms with van der Waals surface area (Å²) in [5, 5.41) is 8.60. The van der Waals surface area contributed by atoms with Gasteiger partial charge in [0.25, 0.3) is 0 Å². The molecule has 0 N–H and O–H groups in total. The molecule has 1 aliphatic carbocycles. The van der Waals surface area contributed by atoms with E-state index in [2.05, 4.69) is 50.0 Å². The van der Waals surface area contributed by atoms with Crippen molar-refractivity contribution in [2.75, 3.05) is 19.6 Å². The van der Waals surface area contributed by atoms with Crippen molar-refractivity contribution >= 4 is 0 Å². The van der Waals surface area contributed by atoms with Crippen LogP contribution < -0.4 is 0 Å². The van der Waals surface area contributed by atoms with Crippen LogP contribution in [-0.4, -0.2) is 39.3 Å². The molecule has 1 aromatic heterocycles. The average molecular weight is 296 g/mol. The van der Waals surface area contributed by atoms with E-state index in [1.807, 2.05) is 6.33 Å². The lowest BCUT2D eigenvalue weighted by atomic mass is 9.95. The lowest BCUT2D eigenvalue weighted by Gasteiger charge is -2.31. The van der Waals surface area contributed by atoms with Gasteiger partial charge in [-0.05, 0) is 50.3 Å². The van der Waals surface area contributed by atoms with Crippen LogP contribution in [0, 0.1) is 5.92 Å². The Morgan fingerprint density at radius 3 is 2.50 bits per heavy atom. The zero-order valence-electron chi connectivity index (χ0n) is 13.1. The van der Waals surface area contributed by atoms with Gasteiger partial charge in [0.15, 0.2) is 0 Å². The zero-order valence-corrected chi connectivity index (χ0v) is 13.1.